The number of hydrogen-bond acceptors (Lipinski definition) is 6. The smallest absolute Gasteiger partial charge is 0.319 e. The van der Waals surface area contributed by atoms with Crippen LogP contribution in [0.15, 0.2) is 48.5 Å². The summed E-state index contributed by atoms with van der Waals surface area (Å²) in [6, 6.07) is 13.2. The first-order valence-corrected chi connectivity index (χ1v) is 15.2. The Morgan fingerprint density at radius 2 is 1.81 bits per heavy atom. The molecular weight excluding hydrogens is 548 g/mol. The minimum absolute atomic E-state index is 0.0531. The van der Waals surface area contributed by atoms with Gasteiger partial charge in [-0.15, -0.1) is 0 Å². The van der Waals surface area contributed by atoms with Crippen LogP contribution in [0.5, 0.6) is 5.75 Å². The minimum Gasteiger partial charge on any atom is -0.490 e. The molecule has 3 rings (SSSR count). The SMILES string of the molecule is CC(C)NC(=O)Nc1ccc2c(c1)C(=O)N([C@@H](C)CO)C[C@H](C)[C@H](CN(C)C(=O)c1ccccc1)OCCCC[C@@H](C)O2. The predicted molar refractivity (Wildman–Crippen MR) is 168 cm³/mol. The van der Waals surface area contributed by atoms with Crippen LogP contribution in [0.3, 0.4) is 0 Å². The number of nitrogens with one attached hydrogen (secondary N) is 2. The van der Waals surface area contributed by atoms with Crippen LogP contribution < -0.4 is 15.4 Å². The van der Waals surface area contributed by atoms with Crippen molar-refractivity contribution in [2.75, 3.05) is 38.7 Å². The molecule has 4 amide bonds. The molecule has 0 saturated carbocycles. The van der Waals surface area contributed by atoms with Crippen LogP contribution in [-0.4, -0.2) is 90.4 Å². The number of fused-ring (bicyclic) bond motifs is 1. The molecule has 4 atom stereocenters. The van der Waals surface area contributed by atoms with Gasteiger partial charge in [0.1, 0.15) is 5.75 Å². The van der Waals surface area contributed by atoms with Crippen LogP contribution in [0, 0.1) is 5.92 Å². The summed E-state index contributed by atoms with van der Waals surface area (Å²) in [6.07, 6.45) is 1.95. The van der Waals surface area contributed by atoms with Gasteiger partial charge in [0.25, 0.3) is 11.8 Å². The summed E-state index contributed by atoms with van der Waals surface area (Å²) in [4.78, 5) is 43.0. The van der Waals surface area contributed by atoms with Gasteiger partial charge >= 0.3 is 6.03 Å². The lowest BCUT2D eigenvalue weighted by Crippen LogP contribution is -2.48. The zero-order valence-electron chi connectivity index (χ0n) is 26.3. The number of anilines is 1. The normalized spacial score (nSPS) is 20.8. The molecule has 0 radical (unpaired) electrons. The quantitative estimate of drug-likeness (QED) is 0.423. The first-order chi connectivity index (χ1) is 20.5. The summed E-state index contributed by atoms with van der Waals surface area (Å²) in [7, 11) is 1.76. The number of carbonyl (C=O) groups is 3. The molecule has 0 unspecified atom stereocenters. The topological polar surface area (TPSA) is 120 Å². The van der Waals surface area contributed by atoms with E-state index in [2.05, 4.69) is 10.6 Å². The molecule has 0 spiro atoms. The van der Waals surface area contributed by atoms with E-state index in [1.54, 1.807) is 54.1 Å². The maximum atomic E-state index is 14.2. The van der Waals surface area contributed by atoms with Gasteiger partial charge < -0.3 is 35.0 Å². The highest BCUT2D eigenvalue weighted by atomic mass is 16.5. The Morgan fingerprint density at radius 3 is 2.49 bits per heavy atom. The molecule has 2 aromatic carbocycles. The van der Waals surface area contributed by atoms with E-state index in [1.807, 2.05) is 45.9 Å². The lowest BCUT2D eigenvalue weighted by molar-refractivity contribution is -0.0149. The second kappa shape index (κ2) is 16.3. The molecule has 0 aromatic heterocycles. The zero-order chi connectivity index (χ0) is 31.5. The van der Waals surface area contributed by atoms with Crippen LogP contribution in [-0.2, 0) is 4.74 Å². The van der Waals surface area contributed by atoms with Crippen molar-refractivity contribution in [3.8, 4) is 5.75 Å². The second-order valence-electron chi connectivity index (χ2n) is 11.8. The zero-order valence-corrected chi connectivity index (χ0v) is 26.3. The van der Waals surface area contributed by atoms with Crippen molar-refractivity contribution in [3.05, 3.63) is 59.7 Å². The maximum absolute atomic E-state index is 14.2. The van der Waals surface area contributed by atoms with E-state index < -0.39 is 6.04 Å². The van der Waals surface area contributed by atoms with E-state index in [-0.39, 0.29) is 55.2 Å². The van der Waals surface area contributed by atoms with Gasteiger partial charge in [-0.1, -0.05) is 25.1 Å². The first-order valence-electron chi connectivity index (χ1n) is 15.2. The molecule has 3 N–H and O–H groups in total. The Morgan fingerprint density at radius 1 is 1.09 bits per heavy atom. The number of aliphatic hydroxyl groups excluding tert-OH is 1. The number of amides is 4. The third kappa shape index (κ3) is 9.96. The molecule has 1 aliphatic rings. The van der Waals surface area contributed by atoms with Crippen LogP contribution in [0.25, 0.3) is 0 Å². The Balaban J connectivity index is 1.93. The van der Waals surface area contributed by atoms with E-state index in [4.69, 9.17) is 9.47 Å². The molecule has 236 valence electrons. The fraction of sp³-hybridized carbons (Fsp3) is 0.545. The summed E-state index contributed by atoms with van der Waals surface area (Å²) >= 11 is 0. The number of carbonyl (C=O) groups excluding carboxylic acids is 3. The van der Waals surface area contributed by atoms with Crippen molar-refractivity contribution in [2.24, 2.45) is 5.92 Å². The summed E-state index contributed by atoms with van der Waals surface area (Å²) < 4.78 is 12.6. The average molecular weight is 597 g/mol. The molecule has 0 bridgehead atoms. The summed E-state index contributed by atoms with van der Waals surface area (Å²) in [5.74, 6) is -0.177. The van der Waals surface area contributed by atoms with Crippen molar-refractivity contribution in [1.82, 2.24) is 15.1 Å². The third-order valence-corrected chi connectivity index (χ3v) is 7.55. The summed E-state index contributed by atoms with van der Waals surface area (Å²) in [6.45, 7) is 10.4. The molecular formula is C33H48N4O6. The Labute approximate surface area is 255 Å². The third-order valence-electron chi connectivity index (χ3n) is 7.55. The van der Waals surface area contributed by atoms with Crippen molar-refractivity contribution < 1.29 is 29.0 Å². The van der Waals surface area contributed by atoms with E-state index in [1.165, 1.54) is 0 Å². The van der Waals surface area contributed by atoms with Crippen molar-refractivity contribution in [3.63, 3.8) is 0 Å². The fourth-order valence-corrected chi connectivity index (χ4v) is 5.05. The van der Waals surface area contributed by atoms with Gasteiger partial charge in [-0.3, -0.25) is 9.59 Å². The lowest BCUT2D eigenvalue weighted by atomic mass is 10.0. The molecule has 0 aliphatic carbocycles. The number of nitrogens with zero attached hydrogens (tertiary/aromatic N) is 2. The number of rotatable bonds is 7. The monoisotopic (exact) mass is 596 g/mol. The van der Waals surface area contributed by atoms with Gasteiger partial charge in [-0.05, 0) is 77.3 Å². The Hall–Kier alpha value is -3.63. The van der Waals surface area contributed by atoms with Gasteiger partial charge in [0.05, 0.1) is 30.4 Å². The molecule has 10 nitrogen and oxygen atoms in total. The number of likely N-dealkylation sites (N-methyl/N-ethyl adjacent to an activating group) is 1. The summed E-state index contributed by atoms with van der Waals surface area (Å²) in [5, 5.41) is 15.7. The van der Waals surface area contributed by atoms with Crippen LogP contribution >= 0.6 is 0 Å². The van der Waals surface area contributed by atoms with E-state index in [0.717, 1.165) is 19.3 Å². The van der Waals surface area contributed by atoms with E-state index >= 15 is 0 Å². The van der Waals surface area contributed by atoms with Crippen molar-refractivity contribution in [1.29, 1.82) is 0 Å². The highest BCUT2D eigenvalue weighted by Gasteiger charge is 2.31. The minimum atomic E-state index is -0.502. The number of benzene rings is 2. The molecule has 10 heteroatoms. The first kappa shape index (κ1) is 33.9. The highest BCUT2D eigenvalue weighted by Crippen LogP contribution is 2.28. The number of aliphatic hydroxyl groups is 1. The second-order valence-corrected chi connectivity index (χ2v) is 11.8. The van der Waals surface area contributed by atoms with Gasteiger partial charge in [-0.2, -0.15) is 0 Å². The van der Waals surface area contributed by atoms with Crippen molar-refractivity contribution in [2.45, 2.75) is 78.2 Å². The Kier molecular flexibility index (Phi) is 12.8. The van der Waals surface area contributed by atoms with Gasteiger partial charge in [0.15, 0.2) is 0 Å². The number of hydrogen-bond donors (Lipinski definition) is 3. The number of ether oxygens (including phenoxy) is 2. The fourth-order valence-electron chi connectivity index (χ4n) is 5.05. The van der Waals surface area contributed by atoms with Crippen LogP contribution in [0.1, 0.15) is 74.6 Å². The van der Waals surface area contributed by atoms with E-state index in [0.29, 0.717) is 35.7 Å². The largest absolute Gasteiger partial charge is 0.490 e. The number of urea groups is 1. The predicted octanol–water partition coefficient (Wildman–Crippen LogP) is 4.78. The molecule has 2 aromatic rings. The average Bonchev–Trinajstić information content (AvgIpc) is 2.98. The van der Waals surface area contributed by atoms with E-state index in [9.17, 15) is 19.5 Å². The van der Waals surface area contributed by atoms with Gasteiger partial charge in [0.2, 0.25) is 0 Å². The van der Waals surface area contributed by atoms with Crippen LogP contribution in [0.4, 0.5) is 10.5 Å². The summed E-state index contributed by atoms with van der Waals surface area (Å²) in [5.41, 5.74) is 1.35. The molecule has 1 heterocycles. The molecule has 0 fully saturated rings. The van der Waals surface area contributed by atoms with Crippen LogP contribution in [0.2, 0.25) is 0 Å². The molecule has 1 aliphatic heterocycles. The van der Waals surface area contributed by atoms with Gasteiger partial charge in [-0.25, -0.2) is 4.79 Å². The molecule has 0 saturated heterocycles. The Bertz CT molecular complexity index is 1210. The molecule has 43 heavy (non-hydrogen) atoms. The van der Waals surface area contributed by atoms with Crippen molar-refractivity contribution >= 4 is 23.5 Å². The maximum Gasteiger partial charge on any atom is 0.319 e. The lowest BCUT2D eigenvalue weighted by Gasteiger charge is -2.36. The standard InChI is InChI=1S/C33H48N4O6/c1-22(2)34-33(41)35-27-15-16-29-28(18-27)32(40)37(24(4)21-38)19-23(3)30(42-17-11-10-12-25(5)43-29)20-36(6)31(39)26-13-8-7-9-14-26/h7-9,13-16,18,22-25,30,38H,10-12,17,19-21H2,1-6H3,(H2,34,35,41)/t23-,24-,25+,30-/m0/s1. The highest BCUT2D eigenvalue weighted by molar-refractivity contribution is 5.99. The van der Waals surface area contributed by atoms with Gasteiger partial charge in [0, 0.05) is 50.0 Å².